The van der Waals surface area contributed by atoms with Crippen LogP contribution in [0.15, 0.2) is 0 Å². The van der Waals surface area contributed by atoms with E-state index in [-0.39, 0.29) is 6.54 Å². The number of rotatable bonds is 7. The maximum Gasteiger partial charge on any atom is 0.408 e. The second-order valence-corrected chi connectivity index (χ2v) is 4.10. The summed E-state index contributed by atoms with van der Waals surface area (Å²) >= 11 is 1.51. The summed E-state index contributed by atoms with van der Waals surface area (Å²) in [4.78, 5) is 22.8. The zero-order valence-corrected chi connectivity index (χ0v) is 9.79. The highest BCUT2D eigenvalue weighted by atomic mass is 32.2. The molecule has 0 saturated heterocycles. The molecule has 0 aliphatic heterocycles. The van der Waals surface area contributed by atoms with E-state index < -0.39 is 18.1 Å². The number of hydrogen-bond donors (Lipinski definition) is 2. The summed E-state index contributed by atoms with van der Waals surface area (Å²) in [6.45, 7) is 2.09. The second kappa shape index (κ2) is 7.39. The Bertz CT molecular complexity index is 222. The van der Waals surface area contributed by atoms with Gasteiger partial charge < -0.3 is 10.2 Å². The molecule has 0 aliphatic rings. The first-order valence-electron chi connectivity index (χ1n) is 4.75. The standard InChI is InChI=1S/C9H17NO4S/c1-3-5-10(9(13)14)7(8(11)12)4-6-15-2/h7H,3-6H2,1-2H3,(H,11,12)(H,13,14). The Kier molecular flexibility index (Phi) is 6.94. The molecule has 0 aliphatic carbocycles. The van der Waals surface area contributed by atoms with E-state index in [1.54, 1.807) is 0 Å². The van der Waals surface area contributed by atoms with Gasteiger partial charge in [-0.25, -0.2) is 9.59 Å². The molecular weight excluding hydrogens is 218 g/mol. The van der Waals surface area contributed by atoms with Crippen LogP contribution in [0.5, 0.6) is 0 Å². The predicted molar refractivity (Wildman–Crippen MR) is 59.4 cm³/mol. The fourth-order valence-corrected chi connectivity index (χ4v) is 1.73. The summed E-state index contributed by atoms with van der Waals surface area (Å²) in [5.74, 6) is -0.426. The summed E-state index contributed by atoms with van der Waals surface area (Å²) in [7, 11) is 0. The first-order valence-corrected chi connectivity index (χ1v) is 6.15. The van der Waals surface area contributed by atoms with E-state index in [2.05, 4.69) is 0 Å². The first kappa shape index (κ1) is 14.1. The molecule has 1 amide bonds. The van der Waals surface area contributed by atoms with Crippen molar-refractivity contribution in [3.8, 4) is 0 Å². The largest absolute Gasteiger partial charge is 0.480 e. The number of thioether (sulfide) groups is 1. The lowest BCUT2D eigenvalue weighted by Gasteiger charge is -2.25. The monoisotopic (exact) mass is 235 g/mol. The van der Waals surface area contributed by atoms with Crippen LogP contribution in [0.2, 0.25) is 0 Å². The molecule has 0 rings (SSSR count). The van der Waals surface area contributed by atoms with Crippen LogP contribution in [-0.4, -0.2) is 51.8 Å². The van der Waals surface area contributed by atoms with Crippen LogP contribution in [0, 0.1) is 0 Å². The van der Waals surface area contributed by atoms with Gasteiger partial charge in [0, 0.05) is 6.54 Å². The van der Waals surface area contributed by atoms with Gasteiger partial charge in [0.1, 0.15) is 6.04 Å². The van der Waals surface area contributed by atoms with E-state index >= 15 is 0 Å². The van der Waals surface area contributed by atoms with Crippen LogP contribution in [-0.2, 0) is 4.79 Å². The normalized spacial score (nSPS) is 12.1. The van der Waals surface area contributed by atoms with Gasteiger partial charge >= 0.3 is 12.1 Å². The Morgan fingerprint density at radius 1 is 1.40 bits per heavy atom. The Hall–Kier alpha value is -0.910. The number of carboxylic acid groups (broad SMARTS) is 2. The van der Waals surface area contributed by atoms with Crippen molar-refractivity contribution in [2.75, 3.05) is 18.6 Å². The van der Waals surface area contributed by atoms with Crippen molar-refractivity contribution in [2.24, 2.45) is 0 Å². The van der Waals surface area contributed by atoms with E-state index in [9.17, 15) is 9.59 Å². The van der Waals surface area contributed by atoms with Crippen molar-refractivity contribution >= 4 is 23.8 Å². The molecule has 1 atom stereocenters. The number of aliphatic carboxylic acids is 1. The van der Waals surface area contributed by atoms with Crippen LogP contribution in [0.3, 0.4) is 0 Å². The van der Waals surface area contributed by atoms with Gasteiger partial charge in [-0.3, -0.25) is 4.90 Å². The molecule has 0 aromatic rings. The third-order valence-corrected chi connectivity index (χ3v) is 2.61. The van der Waals surface area contributed by atoms with Crippen molar-refractivity contribution in [1.82, 2.24) is 4.90 Å². The molecule has 0 spiro atoms. The van der Waals surface area contributed by atoms with Gasteiger partial charge in [-0.2, -0.15) is 11.8 Å². The maximum atomic E-state index is 10.9. The van der Waals surface area contributed by atoms with Crippen molar-refractivity contribution in [1.29, 1.82) is 0 Å². The van der Waals surface area contributed by atoms with Crippen molar-refractivity contribution in [3.63, 3.8) is 0 Å². The van der Waals surface area contributed by atoms with Crippen LogP contribution in [0.1, 0.15) is 19.8 Å². The van der Waals surface area contributed by atoms with Gasteiger partial charge in [-0.1, -0.05) is 6.92 Å². The first-order chi connectivity index (χ1) is 7.04. The Labute approximate surface area is 93.5 Å². The third kappa shape index (κ3) is 4.92. The quantitative estimate of drug-likeness (QED) is 0.700. The molecular formula is C9H17NO4S. The smallest absolute Gasteiger partial charge is 0.408 e. The van der Waals surface area contributed by atoms with Crippen LogP contribution in [0.4, 0.5) is 4.79 Å². The summed E-state index contributed by atoms with van der Waals surface area (Å²) in [6.07, 6.45) is 1.67. The highest BCUT2D eigenvalue weighted by Gasteiger charge is 2.28. The molecule has 2 N–H and O–H groups in total. The molecule has 15 heavy (non-hydrogen) atoms. The van der Waals surface area contributed by atoms with Crippen LogP contribution < -0.4 is 0 Å². The molecule has 0 radical (unpaired) electrons. The zero-order chi connectivity index (χ0) is 11.8. The van der Waals surface area contributed by atoms with Gasteiger partial charge in [0.05, 0.1) is 0 Å². The lowest BCUT2D eigenvalue weighted by Crippen LogP contribution is -2.45. The van der Waals surface area contributed by atoms with E-state index in [4.69, 9.17) is 10.2 Å². The van der Waals surface area contributed by atoms with Gasteiger partial charge in [0.25, 0.3) is 0 Å². The third-order valence-electron chi connectivity index (χ3n) is 1.97. The van der Waals surface area contributed by atoms with E-state index in [1.807, 2.05) is 13.2 Å². The number of nitrogens with zero attached hydrogens (tertiary/aromatic N) is 1. The predicted octanol–water partition coefficient (Wildman–Crippen LogP) is 1.58. The molecule has 0 fully saturated rings. The fraction of sp³-hybridized carbons (Fsp3) is 0.778. The molecule has 88 valence electrons. The second-order valence-electron chi connectivity index (χ2n) is 3.11. The Balaban J connectivity index is 4.52. The van der Waals surface area contributed by atoms with Gasteiger partial charge in [0.2, 0.25) is 0 Å². The summed E-state index contributed by atoms with van der Waals surface area (Å²) in [5, 5.41) is 17.8. The van der Waals surface area contributed by atoms with Gasteiger partial charge in [0.15, 0.2) is 0 Å². The molecule has 6 heteroatoms. The average Bonchev–Trinajstić information content (AvgIpc) is 2.16. The minimum atomic E-state index is -1.16. The lowest BCUT2D eigenvalue weighted by atomic mass is 10.2. The summed E-state index contributed by atoms with van der Waals surface area (Å²) < 4.78 is 0. The molecule has 1 unspecified atom stereocenters. The number of carboxylic acids is 1. The minimum absolute atomic E-state index is 0.265. The summed E-state index contributed by atoms with van der Waals surface area (Å²) in [5.41, 5.74) is 0. The molecule has 0 saturated carbocycles. The average molecular weight is 235 g/mol. The van der Waals surface area contributed by atoms with E-state index in [0.29, 0.717) is 18.6 Å². The van der Waals surface area contributed by atoms with E-state index in [1.165, 1.54) is 11.8 Å². The molecule has 0 aromatic heterocycles. The zero-order valence-electron chi connectivity index (χ0n) is 8.97. The molecule has 0 bridgehead atoms. The minimum Gasteiger partial charge on any atom is -0.480 e. The topological polar surface area (TPSA) is 77.8 Å². The number of amides is 1. The maximum absolute atomic E-state index is 10.9. The Morgan fingerprint density at radius 2 is 2.00 bits per heavy atom. The Morgan fingerprint density at radius 3 is 2.33 bits per heavy atom. The van der Waals surface area contributed by atoms with Crippen molar-refractivity contribution in [2.45, 2.75) is 25.8 Å². The molecule has 5 nitrogen and oxygen atoms in total. The van der Waals surface area contributed by atoms with Crippen LogP contribution >= 0.6 is 11.8 Å². The highest BCUT2D eigenvalue weighted by molar-refractivity contribution is 7.98. The van der Waals surface area contributed by atoms with E-state index in [0.717, 1.165) is 4.90 Å². The molecule has 0 heterocycles. The highest BCUT2D eigenvalue weighted by Crippen LogP contribution is 2.10. The molecule has 0 aromatic carbocycles. The number of carbonyl (C=O) groups is 2. The van der Waals surface area contributed by atoms with Gasteiger partial charge in [-0.05, 0) is 24.9 Å². The van der Waals surface area contributed by atoms with Crippen molar-refractivity contribution in [3.05, 3.63) is 0 Å². The fourth-order valence-electron chi connectivity index (χ4n) is 1.27. The van der Waals surface area contributed by atoms with Crippen LogP contribution in [0.25, 0.3) is 0 Å². The van der Waals surface area contributed by atoms with Crippen molar-refractivity contribution < 1.29 is 19.8 Å². The van der Waals surface area contributed by atoms with Gasteiger partial charge in [-0.15, -0.1) is 0 Å². The lowest BCUT2D eigenvalue weighted by molar-refractivity contribution is -0.142. The SMILES string of the molecule is CCCN(C(=O)O)C(CCSC)C(=O)O. The number of hydrogen-bond acceptors (Lipinski definition) is 3. The summed E-state index contributed by atoms with van der Waals surface area (Å²) in [6, 6.07) is -0.921.